The van der Waals surface area contributed by atoms with E-state index in [0.717, 1.165) is 6.07 Å². The summed E-state index contributed by atoms with van der Waals surface area (Å²) >= 11 is 0. The molecule has 3 amide bonds. The first-order valence-electron chi connectivity index (χ1n) is 13.4. The maximum absolute atomic E-state index is 13.3. The normalized spacial score (nSPS) is 12.6. The van der Waals surface area contributed by atoms with E-state index in [4.69, 9.17) is 17.2 Å². The molecule has 0 aliphatic rings. The van der Waals surface area contributed by atoms with Gasteiger partial charge >= 0.3 is 6.18 Å². The van der Waals surface area contributed by atoms with Gasteiger partial charge in [0.15, 0.2) is 5.96 Å². The summed E-state index contributed by atoms with van der Waals surface area (Å²) in [5.41, 5.74) is 16.7. The highest BCUT2D eigenvalue weighted by Crippen LogP contribution is 2.32. The maximum atomic E-state index is 13.3. The maximum Gasteiger partial charge on any atom is 0.416 e. The van der Waals surface area contributed by atoms with Crippen molar-refractivity contribution in [1.82, 2.24) is 15.5 Å². The number of nitrogens with one attached hydrogen (secondary N) is 2. The molecule has 0 aromatic heterocycles. The lowest BCUT2D eigenvalue weighted by molar-refractivity contribution is -0.138. The summed E-state index contributed by atoms with van der Waals surface area (Å²) in [5, 5.41) is 14.5. The molecule has 2 aromatic rings. The first-order valence-corrected chi connectivity index (χ1v) is 13.4. The lowest BCUT2D eigenvalue weighted by atomic mass is 10.0. The second-order valence-corrected chi connectivity index (χ2v) is 9.58. The fourth-order valence-corrected chi connectivity index (χ4v) is 4.16. The van der Waals surface area contributed by atoms with Crippen LogP contribution >= 0.6 is 0 Å². The number of benzene rings is 2. The Morgan fingerprint density at radius 3 is 2.33 bits per heavy atom. The number of nitrogens with two attached hydrogens (primary N) is 3. The van der Waals surface area contributed by atoms with Crippen LogP contribution in [0.3, 0.4) is 0 Å². The lowest BCUT2D eigenvalue weighted by Crippen LogP contribution is -2.53. The molecule has 0 saturated carbocycles. The van der Waals surface area contributed by atoms with Crippen molar-refractivity contribution in [3.8, 4) is 5.75 Å². The Kier molecular flexibility index (Phi) is 13.1. The number of aromatic hydroxyl groups is 1. The molecule has 0 radical (unpaired) electrons. The van der Waals surface area contributed by atoms with Crippen molar-refractivity contribution in [3.63, 3.8) is 0 Å². The van der Waals surface area contributed by atoms with Crippen molar-refractivity contribution in [1.29, 1.82) is 0 Å². The third kappa shape index (κ3) is 11.3. The predicted octanol–water partition coefficient (Wildman–Crippen LogP) is 1.03. The summed E-state index contributed by atoms with van der Waals surface area (Å²) in [5.74, 6) is -1.80. The zero-order valence-electron chi connectivity index (χ0n) is 23.4. The van der Waals surface area contributed by atoms with Crippen LogP contribution in [0.4, 0.5) is 13.2 Å². The van der Waals surface area contributed by atoms with Gasteiger partial charge in [-0.15, -0.1) is 0 Å². The van der Waals surface area contributed by atoms with E-state index in [9.17, 15) is 32.7 Å². The second-order valence-electron chi connectivity index (χ2n) is 9.58. The fourth-order valence-electron chi connectivity index (χ4n) is 4.16. The van der Waals surface area contributed by atoms with Gasteiger partial charge in [-0.05, 0) is 61.9 Å². The summed E-state index contributed by atoms with van der Waals surface area (Å²) in [6.45, 7) is 1.69. The minimum absolute atomic E-state index is 0.0170. The van der Waals surface area contributed by atoms with Gasteiger partial charge < -0.3 is 37.8 Å². The van der Waals surface area contributed by atoms with E-state index in [2.05, 4.69) is 15.6 Å². The summed E-state index contributed by atoms with van der Waals surface area (Å²) < 4.78 is 40.0. The smallest absolute Gasteiger partial charge is 0.416 e. The Morgan fingerprint density at radius 2 is 1.71 bits per heavy atom. The molecule has 0 saturated heterocycles. The van der Waals surface area contributed by atoms with E-state index in [1.807, 2.05) is 0 Å². The molecular formula is C28H38F3N7O4. The first kappa shape index (κ1) is 33.9. The molecule has 2 rings (SSSR count). The zero-order chi connectivity index (χ0) is 31.3. The van der Waals surface area contributed by atoms with Crippen LogP contribution in [-0.2, 0) is 33.4 Å². The average molecular weight is 594 g/mol. The zero-order valence-corrected chi connectivity index (χ0v) is 23.4. The number of phenolic OH excluding ortho intramolecular Hbond substituents is 1. The molecule has 0 spiro atoms. The summed E-state index contributed by atoms with van der Waals surface area (Å²) in [4.78, 5) is 43.8. The fraction of sp³-hybridized carbons (Fsp3) is 0.429. The molecule has 0 bridgehead atoms. The number of carbonyl (C=O) groups is 3. The molecule has 0 aliphatic heterocycles. The number of guanidine groups is 1. The van der Waals surface area contributed by atoms with Gasteiger partial charge in [0, 0.05) is 19.6 Å². The van der Waals surface area contributed by atoms with Crippen LogP contribution in [0.1, 0.15) is 36.5 Å². The minimum atomic E-state index is -4.52. The number of carbonyl (C=O) groups excluding carboxylic acids is 3. The van der Waals surface area contributed by atoms with Crippen molar-refractivity contribution >= 4 is 23.7 Å². The molecular weight excluding hydrogens is 555 g/mol. The quantitative estimate of drug-likeness (QED) is 0.101. The van der Waals surface area contributed by atoms with E-state index in [1.165, 1.54) is 35.2 Å². The minimum Gasteiger partial charge on any atom is -0.508 e. The van der Waals surface area contributed by atoms with Gasteiger partial charge in [0.25, 0.3) is 0 Å². The number of alkyl halides is 3. The van der Waals surface area contributed by atoms with Crippen molar-refractivity contribution < 1.29 is 32.7 Å². The van der Waals surface area contributed by atoms with Gasteiger partial charge in [-0.2, -0.15) is 13.2 Å². The SMILES string of the molecule is CCN(CCc1ccccc1C(F)(F)F)C(=O)CNC(=O)[C@@H](CCCN=C(N)N)NC(=O)[C@@H](N)Cc1ccc(O)cc1. The highest BCUT2D eigenvalue weighted by atomic mass is 19.4. The molecule has 14 heteroatoms. The van der Waals surface area contributed by atoms with Crippen LogP contribution in [0.15, 0.2) is 53.5 Å². The van der Waals surface area contributed by atoms with Crippen molar-refractivity contribution in [2.45, 2.75) is 50.9 Å². The monoisotopic (exact) mass is 593 g/mol. The van der Waals surface area contributed by atoms with E-state index < -0.39 is 48.1 Å². The van der Waals surface area contributed by atoms with Crippen LogP contribution < -0.4 is 27.8 Å². The van der Waals surface area contributed by atoms with Gasteiger partial charge in [-0.25, -0.2) is 0 Å². The highest BCUT2D eigenvalue weighted by Gasteiger charge is 2.33. The Balaban J connectivity index is 2.00. The topological polar surface area (TPSA) is 189 Å². The first-order chi connectivity index (χ1) is 19.8. The van der Waals surface area contributed by atoms with E-state index in [-0.39, 0.29) is 56.2 Å². The number of halogens is 3. The number of aliphatic imine (C=N–C) groups is 1. The number of hydrogen-bond acceptors (Lipinski definition) is 6. The Bertz CT molecular complexity index is 1220. The molecule has 11 nitrogen and oxygen atoms in total. The van der Waals surface area contributed by atoms with Gasteiger partial charge in [0.1, 0.15) is 11.8 Å². The summed E-state index contributed by atoms with van der Waals surface area (Å²) in [6.07, 6.45) is -3.92. The number of nitrogens with zero attached hydrogens (tertiary/aromatic N) is 2. The molecule has 230 valence electrons. The third-order valence-corrected chi connectivity index (χ3v) is 6.43. The Morgan fingerprint density at radius 1 is 1.05 bits per heavy atom. The number of phenols is 1. The molecule has 0 aliphatic carbocycles. The molecule has 42 heavy (non-hydrogen) atoms. The molecule has 0 heterocycles. The number of amides is 3. The van der Waals surface area contributed by atoms with Crippen LogP contribution in [-0.4, -0.2) is 72.0 Å². The van der Waals surface area contributed by atoms with Gasteiger partial charge in [0.05, 0.1) is 18.2 Å². The number of rotatable bonds is 15. The van der Waals surface area contributed by atoms with Gasteiger partial charge in [-0.1, -0.05) is 30.3 Å². The number of likely N-dealkylation sites (N-methyl/N-ethyl adjacent to an activating group) is 1. The summed E-state index contributed by atoms with van der Waals surface area (Å²) in [7, 11) is 0. The van der Waals surface area contributed by atoms with E-state index >= 15 is 0 Å². The molecule has 9 N–H and O–H groups in total. The van der Waals surface area contributed by atoms with Crippen LogP contribution in [0, 0.1) is 0 Å². The van der Waals surface area contributed by atoms with Crippen LogP contribution in [0.5, 0.6) is 5.75 Å². The largest absolute Gasteiger partial charge is 0.508 e. The Hall–Kier alpha value is -4.33. The highest BCUT2D eigenvalue weighted by molar-refractivity contribution is 5.91. The summed E-state index contributed by atoms with van der Waals surface area (Å²) in [6, 6.07) is 9.27. The van der Waals surface area contributed by atoms with Gasteiger partial charge in [-0.3, -0.25) is 19.4 Å². The van der Waals surface area contributed by atoms with Gasteiger partial charge in [0.2, 0.25) is 17.7 Å². The molecule has 0 unspecified atom stereocenters. The van der Waals surface area contributed by atoms with Crippen molar-refractivity contribution in [3.05, 3.63) is 65.2 Å². The third-order valence-electron chi connectivity index (χ3n) is 6.43. The molecule has 0 fully saturated rings. The molecule has 2 atom stereocenters. The van der Waals surface area contributed by atoms with Crippen molar-refractivity contribution in [2.24, 2.45) is 22.2 Å². The second kappa shape index (κ2) is 16.2. The van der Waals surface area contributed by atoms with Crippen LogP contribution in [0.2, 0.25) is 0 Å². The van der Waals surface area contributed by atoms with Crippen molar-refractivity contribution in [2.75, 3.05) is 26.2 Å². The standard InChI is InChI=1S/C28H38F3N7O4/c1-2-38(15-13-19-6-3-4-7-21(19)28(29,30)31)24(40)17-36-26(42)23(8-5-14-35-27(33)34)37-25(41)22(32)16-18-9-11-20(39)12-10-18/h3-4,6-7,9-12,22-23,39H,2,5,8,13-17,32H2,1H3,(H,36,42)(H,37,41)(H4,33,34,35)/t22-,23+/m0/s1. The molecule has 2 aromatic carbocycles. The lowest BCUT2D eigenvalue weighted by Gasteiger charge is -2.24. The van der Waals surface area contributed by atoms with E-state index in [0.29, 0.717) is 12.0 Å². The predicted molar refractivity (Wildman–Crippen MR) is 152 cm³/mol. The Labute approximate surface area is 242 Å². The van der Waals surface area contributed by atoms with Crippen LogP contribution in [0.25, 0.3) is 0 Å². The van der Waals surface area contributed by atoms with E-state index in [1.54, 1.807) is 19.1 Å². The average Bonchev–Trinajstić information content (AvgIpc) is 2.94. The number of hydrogen-bond donors (Lipinski definition) is 6.